The van der Waals surface area contributed by atoms with Crippen LogP contribution in [0.2, 0.25) is 5.28 Å². The van der Waals surface area contributed by atoms with Crippen molar-refractivity contribution in [2.45, 2.75) is 21.1 Å². The second-order valence-corrected chi connectivity index (χ2v) is 15.3. The Hall–Kier alpha value is -5.35. The molecule has 262 valence electrons. The Morgan fingerprint density at radius 2 is 1.24 bits per heavy atom. The molecule has 17 nitrogen and oxygen atoms in total. The van der Waals surface area contributed by atoms with Gasteiger partial charge in [0.1, 0.15) is 15.6 Å². The van der Waals surface area contributed by atoms with Gasteiger partial charge in [0.15, 0.2) is 11.6 Å². The number of hydrogen-bond acceptors (Lipinski definition) is 14. The van der Waals surface area contributed by atoms with Crippen LogP contribution in [0.1, 0.15) is 43.2 Å². The van der Waals surface area contributed by atoms with Gasteiger partial charge in [-0.1, -0.05) is 42.5 Å². The summed E-state index contributed by atoms with van der Waals surface area (Å²) in [6.07, 6.45) is -0.227. The number of aromatic nitrogens is 3. The highest BCUT2D eigenvalue weighted by molar-refractivity contribution is 7.86. The second-order valence-electron chi connectivity index (χ2n) is 10.8. The van der Waals surface area contributed by atoms with Gasteiger partial charge in [-0.3, -0.25) is 23.2 Å². The molecule has 0 saturated carbocycles. The van der Waals surface area contributed by atoms with Gasteiger partial charge >= 0.3 is 0 Å². The number of anilines is 5. The molecule has 21 heteroatoms. The first-order chi connectivity index (χ1) is 23.8. The maximum atomic E-state index is 13.6. The van der Waals surface area contributed by atoms with Crippen LogP contribution < -0.4 is 16.4 Å². The molecule has 51 heavy (non-hydrogen) atoms. The number of benzene rings is 4. The van der Waals surface area contributed by atoms with Crippen LogP contribution in [0.15, 0.2) is 87.5 Å². The van der Waals surface area contributed by atoms with Crippen molar-refractivity contribution in [3.05, 3.63) is 112 Å². The molecule has 1 aliphatic rings. The summed E-state index contributed by atoms with van der Waals surface area (Å²) in [5.41, 5.74) is 3.40. The summed E-state index contributed by atoms with van der Waals surface area (Å²) in [5.74, 6) is -1.91. The van der Waals surface area contributed by atoms with E-state index in [0.29, 0.717) is 0 Å². The average molecular weight is 773 g/mol. The van der Waals surface area contributed by atoms with E-state index in [1.165, 1.54) is 54.6 Å². The number of rotatable bonds is 9. The van der Waals surface area contributed by atoms with E-state index in [1.54, 1.807) is 0 Å². The lowest BCUT2D eigenvalue weighted by Gasteiger charge is -2.24. The molecule has 1 aromatic heterocycles. The lowest BCUT2D eigenvalue weighted by Crippen LogP contribution is -2.25. The van der Waals surface area contributed by atoms with Gasteiger partial charge in [0.05, 0.1) is 33.1 Å². The first kappa shape index (κ1) is 35.5. The standard InChI is InChI=1S/C30H21ClN6O11S3/c31-29-35-23(11-14-5-1-4-8-20(14)49(40,41)42)36-30(37-29)33-15-9-10-18(21(12-15)50(43,44)45)34-19-13-22(51(46,47)48)26(32)25-24(19)27(38)16-6-2-3-7-17(16)28(25)39/h1-10,12-13,34H,11,32H2,(H,40,41,42)(H,43,44,45)(H,46,47,48)(H,33,35,36,37). The zero-order valence-corrected chi connectivity index (χ0v) is 28.5. The summed E-state index contributed by atoms with van der Waals surface area (Å²) in [4.78, 5) is 37.0. The Bertz CT molecular complexity index is 2670. The zero-order valence-electron chi connectivity index (χ0n) is 25.3. The molecule has 1 heterocycles. The molecule has 0 fully saturated rings. The van der Waals surface area contributed by atoms with Crippen LogP contribution in [0, 0.1) is 0 Å². The van der Waals surface area contributed by atoms with E-state index in [4.69, 9.17) is 17.3 Å². The Morgan fingerprint density at radius 3 is 1.86 bits per heavy atom. The number of carbonyl (C=O) groups excluding carboxylic acids is 2. The third kappa shape index (κ3) is 7.01. The number of fused-ring (bicyclic) bond motifs is 2. The first-order valence-corrected chi connectivity index (χ1v) is 18.8. The van der Waals surface area contributed by atoms with Crippen molar-refractivity contribution in [3.8, 4) is 0 Å². The first-order valence-electron chi connectivity index (χ1n) is 14.1. The van der Waals surface area contributed by atoms with Gasteiger partial charge in [0, 0.05) is 23.2 Å². The van der Waals surface area contributed by atoms with Crippen molar-refractivity contribution in [1.29, 1.82) is 0 Å². The Labute approximate surface area is 293 Å². The quantitative estimate of drug-likeness (QED) is 0.0902. The molecule has 5 aromatic rings. The fourth-order valence-corrected chi connectivity index (χ4v) is 7.61. The van der Waals surface area contributed by atoms with Gasteiger partial charge in [-0.25, -0.2) is 4.98 Å². The minimum atomic E-state index is -5.09. The minimum Gasteiger partial charge on any atom is -0.397 e. The maximum Gasteiger partial charge on any atom is 0.296 e. The topological polar surface area (TPSA) is 286 Å². The number of carbonyl (C=O) groups is 2. The summed E-state index contributed by atoms with van der Waals surface area (Å²) in [6, 6.07) is 15.2. The largest absolute Gasteiger partial charge is 0.397 e. The molecule has 0 atom stereocenters. The van der Waals surface area contributed by atoms with E-state index in [0.717, 1.165) is 18.2 Å². The summed E-state index contributed by atoms with van der Waals surface area (Å²) >= 11 is 6.06. The number of hydrogen-bond donors (Lipinski definition) is 6. The van der Waals surface area contributed by atoms with Crippen molar-refractivity contribution >= 4 is 82.2 Å². The molecule has 0 amide bonds. The van der Waals surface area contributed by atoms with Crippen LogP contribution in [0.25, 0.3) is 0 Å². The molecule has 6 rings (SSSR count). The van der Waals surface area contributed by atoms with Gasteiger partial charge in [-0.05, 0) is 47.5 Å². The molecule has 0 unspecified atom stereocenters. The van der Waals surface area contributed by atoms with E-state index >= 15 is 0 Å². The highest BCUT2D eigenvalue weighted by Gasteiger charge is 2.37. The molecule has 0 aliphatic heterocycles. The van der Waals surface area contributed by atoms with Gasteiger partial charge in [-0.15, -0.1) is 0 Å². The van der Waals surface area contributed by atoms with Crippen molar-refractivity contribution in [2.24, 2.45) is 0 Å². The lowest BCUT2D eigenvalue weighted by atomic mass is 9.82. The Morgan fingerprint density at radius 1 is 0.647 bits per heavy atom. The summed E-state index contributed by atoms with van der Waals surface area (Å²) in [6.45, 7) is 0. The molecule has 4 aromatic carbocycles. The van der Waals surface area contributed by atoms with Crippen molar-refractivity contribution in [3.63, 3.8) is 0 Å². The number of ketones is 2. The van der Waals surface area contributed by atoms with Crippen LogP contribution in [0.5, 0.6) is 0 Å². The van der Waals surface area contributed by atoms with E-state index in [-0.39, 0.29) is 45.9 Å². The highest BCUT2D eigenvalue weighted by atomic mass is 35.5. The number of nitrogen functional groups attached to an aromatic ring is 1. The molecule has 0 radical (unpaired) electrons. The van der Waals surface area contributed by atoms with Crippen molar-refractivity contribution < 1.29 is 48.5 Å². The van der Waals surface area contributed by atoms with E-state index < -0.39 is 84.8 Å². The van der Waals surface area contributed by atoms with Crippen LogP contribution in [-0.2, 0) is 36.8 Å². The molecule has 0 spiro atoms. The molecule has 0 saturated heterocycles. The molecular weight excluding hydrogens is 752 g/mol. The zero-order chi connectivity index (χ0) is 37.0. The maximum absolute atomic E-state index is 13.6. The monoisotopic (exact) mass is 772 g/mol. The third-order valence-corrected chi connectivity index (χ3v) is 10.4. The molecular formula is C30H21ClN6O11S3. The SMILES string of the molecule is Nc1c(S(=O)(=O)O)cc(Nc2ccc(Nc3nc(Cl)nc(Cc4ccccc4S(=O)(=O)O)n3)cc2S(=O)(=O)O)c2c1C(=O)c1ccccc1C2=O. The van der Waals surface area contributed by atoms with Crippen LogP contribution in [0.3, 0.4) is 0 Å². The Balaban J connectivity index is 1.41. The van der Waals surface area contributed by atoms with Crippen LogP contribution in [-0.4, -0.2) is 65.4 Å². The van der Waals surface area contributed by atoms with Crippen molar-refractivity contribution in [2.75, 3.05) is 16.4 Å². The summed E-state index contributed by atoms with van der Waals surface area (Å²) in [7, 11) is -14.8. The van der Waals surface area contributed by atoms with Gasteiger partial charge < -0.3 is 16.4 Å². The van der Waals surface area contributed by atoms with Crippen LogP contribution >= 0.6 is 11.6 Å². The number of nitrogens with zero attached hydrogens (tertiary/aromatic N) is 3. The predicted octanol–water partition coefficient (Wildman–Crippen LogP) is 3.70. The molecule has 1 aliphatic carbocycles. The van der Waals surface area contributed by atoms with Crippen molar-refractivity contribution in [1.82, 2.24) is 15.0 Å². The summed E-state index contributed by atoms with van der Waals surface area (Å²) < 4.78 is 103. The van der Waals surface area contributed by atoms with Gasteiger partial charge in [0.25, 0.3) is 30.4 Å². The van der Waals surface area contributed by atoms with E-state index in [9.17, 15) is 48.5 Å². The lowest BCUT2D eigenvalue weighted by molar-refractivity contribution is 0.0980. The number of halogens is 1. The average Bonchev–Trinajstić information content (AvgIpc) is 3.03. The van der Waals surface area contributed by atoms with Crippen LogP contribution in [0.4, 0.5) is 28.7 Å². The second kappa shape index (κ2) is 12.8. The molecule has 7 N–H and O–H groups in total. The minimum absolute atomic E-state index is 0.0505. The van der Waals surface area contributed by atoms with Gasteiger partial charge in [0.2, 0.25) is 11.2 Å². The Kier molecular flexibility index (Phi) is 8.88. The predicted molar refractivity (Wildman–Crippen MR) is 181 cm³/mol. The third-order valence-electron chi connectivity index (χ3n) is 7.52. The number of nitrogens with one attached hydrogen (secondary N) is 2. The fraction of sp³-hybridized carbons (Fsp3) is 0.0333. The number of nitrogens with two attached hydrogens (primary N) is 1. The normalized spacial score (nSPS) is 13.0. The fourth-order valence-electron chi connectivity index (χ4n) is 5.39. The highest BCUT2D eigenvalue weighted by Crippen LogP contribution is 2.41. The van der Waals surface area contributed by atoms with E-state index in [1.807, 2.05) is 0 Å². The van der Waals surface area contributed by atoms with Gasteiger partial charge in [-0.2, -0.15) is 35.2 Å². The smallest absolute Gasteiger partial charge is 0.296 e. The summed E-state index contributed by atoms with van der Waals surface area (Å²) in [5, 5.41) is 4.92. The molecule has 0 bridgehead atoms. The van der Waals surface area contributed by atoms with E-state index in [2.05, 4.69) is 25.6 Å².